The summed E-state index contributed by atoms with van der Waals surface area (Å²) in [6.07, 6.45) is 3.54. The van der Waals surface area contributed by atoms with Crippen molar-refractivity contribution in [1.29, 1.82) is 0 Å². The quantitative estimate of drug-likeness (QED) is 0.311. The number of rotatable bonds is 9. The van der Waals surface area contributed by atoms with E-state index in [1.807, 2.05) is 12.1 Å². The lowest BCUT2D eigenvalue weighted by Crippen LogP contribution is -1.99. The molecule has 0 aliphatic rings. The lowest BCUT2D eigenvalue weighted by molar-refractivity contribution is -0.393. The maximum atomic E-state index is 11.1. The van der Waals surface area contributed by atoms with Gasteiger partial charge in [0.25, 0.3) is 5.69 Å². The molecule has 0 amide bonds. The summed E-state index contributed by atoms with van der Waals surface area (Å²) >= 11 is 0. The number of hydrogen-bond acceptors (Lipinski definition) is 7. The standard InChI is InChI=1S/C17H18N4O5/c1-2-3-10-26-15-7-4-13(5-8-15)12-18-19-16-9-6-14(20(22)23)11-17(16)21(24)25/h4-9,11-12,19H,2-3,10H2,1H3/b18-12-. The molecule has 1 N–H and O–H groups in total. The van der Waals surface area contributed by atoms with E-state index in [2.05, 4.69) is 17.5 Å². The normalized spacial score (nSPS) is 10.7. The van der Waals surface area contributed by atoms with E-state index >= 15 is 0 Å². The van der Waals surface area contributed by atoms with E-state index in [-0.39, 0.29) is 11.4 Å². The maximum absolute atomic E-state index is 11.1. The Morgan fingerprint density at radius 1 is 1.12 bits per heavy atom. The van der Waals surface area contributed by atoms with Crippen molar-refractivity contribution < 1.29 is 14.6 Å². The van der Waals surface area contributed by atoms with Crippen molar-refractivity contribution in [2.24, 2.45) is 5.10 Å². The Balaban J connectivity index is 2.03. The van der Waals surface area contributed by atoms with Crippen LogP contribution in [0.4, 0.5) is 17.1 Å². The number of non-ortho nitro benzene ring substituents is 1. The van der Waals surface area contributed by atoms with Crippen LogP contribution in [0.3, 0.4) is 0 Å². The van der Waals surface area contributed by atoms with Gasteiger partial charge in [-0.15, -0.1) is 0 Å². The molecule has 0 unspecified atom stereocenters. The van der Waals surface area contributed by atoms with Crippen molar-refractivity contribution in [3.63, 3.8) is 0 Å². The van der Waals surface area contributed by atoms with Gasteiger partial charge in [0.1, 0.15) is 11.4 Å². The van der Waals surface area contributed by atoms with E-state index in [0.29, 0.717) is 6.61 Å². The first-order valence-corrected chi connectivity index (χ1v) is 7.96. The number of ether oxygens (including phenoxy) is 1. The fraction of sp³-hybridized carbons (Fsp3) is 0.235. The highest BCUT2D eigenvalue weighted by molar-refractivity contribution is 5.80. The molecule has 0 atom stereocenters. The molecule has 0 aliphatic carbocycles. The predicted octanol–water partition coefficient (Wildman–Crippen LogP) is 4.13. The van der Waals surface area contributed by atoms with Crippen molar-refractivity contribution in [1.82, 2.24) is 0 Å². The minimum Gasteiger partial charge on any atom is -0.494 e. The van der Waals surface area contributed by atoms with Gasteiger partial charge in [-0.1, -0.05) is 13.3 Å². The van der Waals surface area contributed by atoms with E-state index < -0.39 is 15.5 Å². The first-order chi connectivity index (χ1) is 12.5. The van der Waals surface area contributed by atoms with Crippen LogP contribution in [0.15, 0.2) is 47.6 Å². The number of anilines is 1. The second-order valence-electron chi connectivity index (χ2n) is 5.36. The molecule has 9 nitrogen and oxygen atoms in total. The van der Waals surface area contributed by atoms with Crippen LogP contribution in [0.1, 0.15) is 25.3 Å². The van der Waals surface area contributed by atoms with Gasteiger partial charge in [-0.3, -0.25) is 25.7 Å². The van der Waals surface area contributed by atoms with Gasteiger partial charge < -0.3 is 4.74 Å². The third-order valence-corrected chi connectivity index (χ3v) is 3.43. The molecular formula is C17H18N4O5. The molecule has 0 heterocycles. The second kappa shape index (κ2) is 9.11. The van der Waals surface area contributed by atoms with Gasteiger partial charge in [0, 0.05) is 6.07 Å². The van der Waals surface area contributed by atoms with Crippen LogP contribution in [-0.4, -0.2) is 22.7 Å². The molecule has 0 bridgehead atoms. The van der Waals surface area contributed by atoms with E-state index in [0.717, 1.165) is 30.2 Å². The number of hydrazone groups is 1. The Morgan fingerprint density at radius 3 is 2.46 bits per heavy atom. The van der Waals surface area contributed by atoms with Gasteiger partial charge in [0.05, 0.1) is 28.7 Å². The highest BCUT2D eigenvalue weighted by atomic mass is 16.6. The van der Waals surface area contributed by atoms with Crippen LogP contribution in [0, 0.1) is 20.2 Å². The maximum Gasteiger partial charge on any atom is 0.301 e. The summed E-state index contributed by atoms with van der Waals surface area (Å²) in [5, 5.41) is 25.7. The summed E-state index contributed by atoms with van der Waals surface area (Å²) in [4.78, 5) is 20.4. The van der Waals surface area contributed by atoms with E-state index in [1.165, 1.54) is 18.3 Å². The number of nitrogens with zero attached hydrogens (tertiary/aromatic N) is 3. The fourth-order valence-electron chi connectivity index (χ4n) is 2.04. The SMILES string of the molecule is CCCCOc1ccc(/C=N\Nc2ccc([N+](=O)[O-])cc2[N+](=O)[O-])cc1. The first kappa shape index (κ1) is 18.8. The molecular weight excluding hydrogens is 340 g/mol. The van der Waals surface area contributed by atoms with Crippen molar-refractivity contribution in [3.05, 3.63) is 68.3 Å². The van der Waals surface area contributed by atoms with E-state index in [1.54, 1.807) is 12.1 Å². The number of nitrogens with one attached hydrogen (secondary N) is 1. The average Bonchev–Trinajstić information content (AvgIpc) is 2.63. The number of unbranched alkanes of at least 4 members (excludes halogenated alkanes) is 1. The van der Waals surface area contributed by atoms with Crippen LogP contribution >= 0.6 is 0 Å². The zero-order valence-corrected chi connectivity index (χ0v) is 14.1. The van der Waals surface area contributed by atoms with Crippen LogP contribution in [0.25, 0.3) is 0 Å². The Kier molecular flexibility index (Phi) is 6.60. The fourth-order valence-corrected chi connectivity index (χ4v) is 2.04. The Bertz CT molecular complexity index is 805. The summed E-state index contributed by atoms with van der Waals surface area (Å²) in [6.45, 7) is 2.75. The molecule has 2 rings (SSSR count). The third-order valence-electron chi connectivity index (χ3n) is 3.43. The summed E-state index contributed by atoms with van der Waals surface area (Å²) in [5.41, 5.74) is 2.60. The van der Waals surface area contributed by atoms with Gasteiger partial charge in [0.2, 0.25) is 0 Å². The first-order valence-electron chi connectivity index (χ1n) is 7.96. The monoisotopic (exact) mass is 358 g/mol. The molecule has 2 aromatic rings. The molecule has 0 saturated carbocycles. The minimum absolute atomic E-state index is 0.0661. The zero-order chi connectivity index (χ0) is 18.9. The third kappa shape index (κ3) is 5.26. The topological polar surface area (TPSA) is 120 Å². The lowest BCUT2D eigenvalue weighted by Gasteiger charge is -2.05. The molecule has 0 saturated heterocycles. The summed E-state index contributed by atoms with van der Waals surface area (Å²) in [7, 11) is 0. The molecule has 9 heteroatoms. The average molecular weight is 358 g/mol. The summed E-state index contributed by atoms with van der Waals surface area (Å²) in [6, 6.07) is 10.5. The Labute approximate surface area is 149 Å². The van der Waals surface area contributed by atoms with Gasteiger partial charge in [-0.25, -0.2) is 0 Å². The van der Waals surface area contributed by atoms with Crippen molar-refractivity contribution in [2.45, 2.75) is 19.8 Å². The van der Waals surface area contributed by atoms with Crippen LogP contribution in [0.5, 0.6) is 5.75 Å². The van der Waals surface area contributed by atoms with E-state index in [4.69, 9.17) is 4.74 Å². The van der Waals surface area contributed by atoms with Crippen LogP contribution < -0.4 is 10.2 Å². The molecule has 0 aliphatic heterocycles. The number of hydrogen-bond donors (Lipinski definition) is 1. The van der Waals surface area contributed by atoms with Gasteiger partial charge in [-0.2, -0.15) is 5.10 Å². The molecule has 0 spiro atoms. The lowest BCUT2D eigenvalue weighted by atomic mass is 10.2. The highest BCUT2D eigenvalue weighted by Gasteiger charge is 2.18. The largest absolute Gasteiger partial charge is 0.494 e. The molecule has 0 aromatic heterocycles. The van der Waals surface area contributed by atoms with Gasteiger partial charge in [0.15, 0.2) is 0 Å². The second-order valence-corrected chi connectivity index (χ2v) is 5.36. The molecule has 26 heavy (non-hydrogen) atoms. The zero-order valence-electron chi connectivity index (χ0n) is 14.1. The van der Waals surface area contributed by atoms with Gasteiger partial charge >= 0.3 is 5.69 Å². The molecule has 0 fully saturated rings. The highest BCUT2D eigenvalue weighted by Crippen LogP contribution is 2.28. The molecule has 0 radical (unpaired) electrons. The van der Waals surface area contributed by atoms with Gasteiger partial charge in [-0.05, 0) is 42.3 Å². The number of nitro groups is 2. The summed E-state index contributed by atoms with van der Waals surface area (Å²) in [5.74, 6) is 0.759. The molecule has 2 aromatic carbocycles. The minimum atomic E-state index is -0.701. The number of nitro benzene ring substituents is 2. The smallest absolute Gasteiger partial charge is 0.301 e. The van der Waals surface area contributed by atoms with Crippen molar-refractivity contribution in [3.8, 4) is 5.75 Å². The predicted molar refractivity (Wildman–Crippen MR) is 97.8 cm³/mol. The summed E-state index contributed by atoms with van der Waals surface area (Å²) < 4.78 is 5.56. The molecule has 136 valence electrons. The number of benzene rings is 2. The van der Waals surface area contributed by atoms with Crippen molar-refractivity contribution in [2.75, 3.05) is 12.0 Å². The Morgan fingerprint density at radius 2 is 1.85 bits per heavy atom. The van der Waals surface area contributed by atoms with Crippen molar-refractivity contribution >= 4 is 23.3 Å². The van der Waals surface area contributed by atoms with E-state index in [9.17, 15) is 20.2 Å². The van der Waals surface area contributed by atoms with Crippen LogP contribution in [0.2, 0.25) is 0 Å². The van der Waals surface area contributed by atoms with Crippen LogP contribution in [-0.2, 0) is 0 Å². The Hall–Kier alpha value is -3.49.